The lowest BCUT2D eigenvalue weighted by Crippen LogP contribution is -2.31. The third-order valence-corrected chi connectivity index (χ3v) is 8.08. The Balaban J connectivity index is 0.00000337. The number of hydrogen-bond acceptors (Lipinski definition) is 3. The Morgan fingerprint density at radius 2 is 1.71 bits per heavy atom. The van der Waals surface area contributed by atoms with Crippen LogP contribution in [0.4, 0.5) is 19.0 Å². The van der Waals surface area contributed by atoms with Crippen molar-refractivity contribution in [2.24, 2.45) is 0 Å². The van der Waals surface area contributed by atoms with E-state index in [4.69, 9.17) is 5.10 Å². The van der Waals surface area contributed by atoms with Crippen molar-refractivity contribution in [2.45, 2.75) is 67.1 Å². The minimum atomic E-state index is -4.42. The molecule has 0 unspecified atom stereocenters. The van der Waals surface area contributed by atoms with Crippen molar-refractivity contribution < 1.29 is 13.2 Å². The summed E-state index contributed by atoms with van der Waals surface area (Å²) in [6.45, 7) is 9.27. The average molecular weight is 560 g/mol. The summed E-state index contributed by atoms with van der Waals surface area (Å²) < 4.78 is 42.1. The largest absolute Gasteiger partial charge is 0.417 e. The number of H-pyrrole nitrogens is 1. The Bertz CT molecular complexity index is 1710. The molecule has 0 radical (unpaired) electrons. The van der Waals surface area contributed by atoms with Crippen LogP contribution in [0.3, 0.4) is 0 Å². The Hall–Kier alpha value is -4.07. The molecule has 0 saturated carbocycles. The molecule has 3 aromatic heterocycles. The fourth-order valence-corrected chi connectivity index (χ4v) is 6.04. The number of fused-ring (bicyclic) bond motifs is 2. The maximum absolute atomic E-state index is 13.3. The highest BCUT2D eigenvalue weighted by Crippen LogP contribution is 2.40. The van der Waals surface area contributed by atoms with E-state index in [1.165, 1.54) is 17.2 Å². The first-order valence-electron chi connectivity index (χ1n) is 13.8. The van der Waals surface area contributed by atoms with Crippen LogP contribution in [0.1, 0.15) is 60.3 Å². The molecule has 1 aliphatic rings. The maximum Gasteiger partial charge on any atom is 0.417 e. The summed E-state index contributed by atoms with van der Waals surface area (Å²) in [6, 6.07) is 14.0. The molecule has 0 atom stereocenters. The van der Waals surface area contributed by atoms with E-state index in [1.54, 1.807) is 6.92 Å². The molecule has 2 aromatic carbocycles. The number of pyridine rings is 1. The first-order valence-corrected chi connectivity index (χ1v) is 13.8. The van der Waals surface area contributed by atoms with Gasteiger partial charge in [-0.3, -0.25) is 0 Å². The van der Waals surface area contributed by atoms with Crippen LogP contribution in [0.5, 0.6) is 0 Å². The molecule has 5 nitrogen and oxygen atoms in total. The van der Waals surface area contributed by atoms with Crippen molar-refractivity contribution in [3.63, 3.8) is 0 Å². The van der Waals surface area contributed by atoms with Gasteiger partial charge >= 0.3 is 6.18 Å². The van der Waals surface area contributed by atoms with Gasteiger partial charge in [0.1, 0.15) is 5.82 Å². The van der Waals surface area contributed by atoms with Crippen LogP contribution in [-0.4, -0.2) is 26.3 Å². The number of nitrogens with one attached hydrogen (secondary N) is 1. The van der Waals surface area contributed by atoms with Crippen molar-refractivity contribution in [3.8, 4) is 16.9 Å². The molecule has 8 heteroatoms. The molecule has 41 heavy (non-hydrogen) atoms. The van der Waals surface area contributed by atoms with E-state index in [0.717, 1.165) is 63.7 Å². The predicted octanol–water partition coefficient (Wildman–Crippen LogP) is 8.37. The van der Waals surface area contributed by atoms with E-state index in [1.807, 2.05) is 6.20 Å². The van der Waals surface area contributed by atoms with E-state index in [2.05, 4.69) is 76.7 Å². The smallest absolute Gasteiger partial charge is 0.361 e. The van der Waals surface area contributed by atoms with Crippen LogP contribution in [0, 0.1) is 13.8 Å². The second kappa shape index (κ2) is 10.7. The van der Waals surface area contributed by atoms with Crippen LogP contribution in [0.25, 0.3) is 27.8 Å². The molecule has 0 bridgehead atoms. The molecule has 4 heterocycles. The standard InChI is InChI=1S/C32H32F3N5.CH4/c1-5-21-8-7-9-22(6-2)29(21)40-30(25-11-10-19(3)28-24(25)12-14-36-28)26-18-39(15-13-27(26)38-40)31-20(4)16-23(17-37-31)32(33,34)35;/h7-12,14,16-17,36H,5-6,13,15,18H2,1-4H3;1H4. The zero-order valence-electron chi connectivity index (χ0n) is 23.2. The lowest BCUT2D eigenvalue weighted by molar-refractivity contribution is -0.137. The number of aryl methyl sites for hydroxylation is 4. The van der Waals surface area contributed by atoms with Crippen molar-refractivity contribution in [3.05, 3.63) is 93.9 Å². The molecule has 0 fully saturated rings. The normalized spacial score (nSPS) is 13.4. The third kappa shape index (κ3) is 4.79. The number of rotatable bonds is 5. The molecule has 1 aliphatic heterocycles. The number of halogens is 3. The summed E-state index contributed by atoms with van der Waals surface area (Å²) in [5, 5.41) is 6.36. The van der Waals surface area contributed by atoms with Gasteiger partial charge < -0.3 is 9.88 Å². The maximum atomic E-state index is 13.3. The van der Waals surface area contributed by atoms with Crippen molar-refractivity contribution in [2.75, 3.05) is 11.4 Å². The van der Waals surface area contributed by atoms with Crippen molar-refractivity contribution >= 4 is 16.7 Å². The summed E-state index contributed by atoms with van der Waals surface area (Å²) in [7, 11) is 0. The molecule has 1 N–H and O–H groups in total. The van der Waals surface area contributed by atoms with Gasteiger partial charge in [-0.25, -0.2) is 9.67 Å². The minimum absolute atomic E-state index is 0. The molecule has 0 spiro atoms. The second-order valence-corrected chi connectivity index (χ2v) is 10.5. The highest BCUT2D eigenvalue weighted by atomic mass is 19.4. The molecule has 0 aliphatic carbocycles. The quantitative estimate of drug-likeness (QED) is 0.235. The van der Waals surface area contributed by atoms with Crippen LogP contribution >= 0.6 is 0 Å². The third-order valence-electron chi connectivity index (χ3n) is 8.08. The van der Waals surface area contributed by atoms with Gasteiger partial charge in [-0.2, -0.15) is 18.3 Å². The van der Waals surface area contributed by atoms with Crippen molar-refractivity contribution in [1.82, 2.24) is 19.7 Å². The number of aromatic nitrogens is 4. The summed E-state index contributed by atoms with van der Waals surface area (Å²) in [6.07, 6.45) is 0.916. The zero-order chi connectivity index (χ0) is 28.2. The first kappa shape index (κ1) is 28.5. The summed E-state index contributed by atoms with van der Waals surface area (Å²) in [5.74, 6) is 0.580. The van der Waals surface area contributed by atoms with E-state index in [0.29, 0.717) is 30.9 Å². The molecule has 5 aromatic rings. The van der Waals surface area contributed by atoms with Crippen LogP contribution in [0.15, 0.2) is 54.9 Å². The van der Waals surface area contributed by atoms with Gasteiger partial charge in [-0.1, -0.05) is 51.6 Å². The fourth-order valence-electron chi connectivity index (χ4n) is 6.04. The number of aromatic amines is 1. The summed E-state index contributed by atoms with van der Waals surface area (Å²) >= 11 is 0. The van der Waals surface area contributed by atoms with Gasteiger partial charge in [0, 0.05) is 53.9 Å². The number of alkyl halides is 3. The van der Waals surface area contributed by atoms with Gasteiger partial charge in [-0.05, 0) is 61.1 Å². The summed E-state index contributed by atoms with van der Waals surface area (Å²) in [5.41, 5.74) is 9.86. The van der Waals surface area contributed by atoms with Crippen LogP contribution in [-0.2, 0) is 32.0 Å². The first-order chi connectivity index (χ1) is 19.2. The van der Waals surface area contributed by atoms with Gasteiger partial charge in [0.25, 0.3) is 0 Å². The number of para-hydroxylation sites is 1. The number of hydrogen-bond donors (Lipinski definition) is 1. The topological polar surface area (TPSA) is 49.7 Å². The highest BCUT2D eigenvalue weighted by Gasteiger charge is 2.33. The lowest BCUT2D eigenvalue weighted by Gasteiger charge is -2.29. The van der Waals surface area contributed by atoms with Gasteiger partial charge in [0.2, 0.25) is 0 Å². The van der Waals surface area contributed by atoms with E-state index >= 15 is 0 Å². The predicted molar refractivity (Wildman–Crippen MR) is 160 cm³/mol. The summed E-state index contributed by atoms with van der Waals surface area (Å²) in [4.78, 5) is 9.77. The molecule has 0 amide bonds. The fraction of sp³-hybridized carbons (Fsp3) is 0.333. The van der Waals surface area contributed by atoms with Crippen LogP contribution < -0.4 is 4.90 Å². The number of nitrogens with zero attached hydrogens (tertiary/aromatic N) is 4. The second-order valence-electron chi connectivity index (χ2n) is 10.5. The Labute approximate surface area is 239 Å². The van der Waals surface area contributed by atoms with Crippen LogP contribution in [0.2, 0.25) is 0 Å². The minimum Gasteiger partial charge on any atom is -0.361 e. The monoisotopic (exact) mass is 559 g/mol. The molecular weight excluding hydrogens is 523 g/mol. The van der Waals surface area contributed by atoms with Crippen molar-refractivity contribution in [1.29, 1.82) is 0 Å². The zero-order valence-corrected chi connectivity index (χ0v) is 23.2. The molecule has 214 valence electrons. The molecular formula is C33H36F3N5. The lowest BCUT2D eigenvalue weighted by atomic mass is 9.96. The Morgan fingerprint density at radius 3 is 2.37 bits per heavy atom. The highest BCUT2D eigenvalue weighted by molar-refractivity contribution is 5.97. The Kier molecular flexibility index (Phi) is 7.45. The number of anilines is 1. The van der Waals surface area contributed by atoms with Gasteiger partial charge in [0.15, 0.2) is 0 Å². The molecule has 0 saturated heterocycles. The Morgan fingerprint density at radius 1 is 0.976 bits per heavy atom. The number of benzene rings is 2. The van der Waals surface area contributed by atoms with E-state index < -0.39 is 11.7 Å². The molecule has 6 rings (SSSR count). The van der Waals surface area contributed by atoms with Gasteiger partial charge in [0.05, 0.1) is 22.6 Å². The van der Waals surface area contributed by atoms with Gasteiger partial charge in [-0.15, -0.1) is 0 Å². The van der Waals surface area contributed by atoms with E-state index in [9.17, 15) is 13.2 Å². The van der Waals surface area contributed by atoms with E-state index in [-0.39, 0.29) is 7.43 Å². The SMILES string of the molecule is C.CCc1cccc(CC)c1-n1nc2c(c1-c1ccc(C)c3[nH]ccc13)CN(c1ncc(C(F)(F)F)cc1C)CC2. The average Bonchev–Trinajstić information content (AvgIpc) is 3.58.